The van der Waals surface area contributed by atoms with Gasteiger partial charge in [0.25, 0.3) is 0 Å². The largest absolute Gasteiger partial charge is 0.495 e. The Bertz CT molecular complexity index is 1130. The average Bonchev–Trinajstić information content (AvgIpc) is 3.63. The monoisotopic (exact) mass is 557 g/mol. The first-order chi connectivity index (χ1) is 19.0. The van der Waals surface area contributed by atoms with E-state index in [1.165, 1.54) is 25.9 Å². The van der Waals surface area contributed by atoms with E-state index >= 15 is 0 Å². The lowest BCUT2D eigenvalue weighted by Crippen LogP contribution is -2.50. The smallest absolute Gasteiger partial charge is 0.220 e. The number of fused-ring (bicyclic) bond motifs is 1. The fourth-order valence-corrected chi connectivity index (χ4v) is 6.24. The lowest BCUT2D eigenvalue weighted by molar-refractivity contribution is -0.122. The molecular formula is C30H40ClN3O5. The molecule has 0 aliphatic carbocycles. The number of methoxy groups -OCH3 is 1. The molecule has 1 amide bonds. The van der Waals surface area contributed by atoms with Gasteiger partial charge in [0.15, 0.2) is 11.5 Å². The molecule has 9 heteroatoms. The average molecular weight is 558 g/mol. The highest BCUT2D eigenvalue weighted by molar-refractivity contribution is 6.32. The van der Waals surface area contributed by atoms with Crippen molar-refractivity contribution in [3.05, 3.63) is 52.5 Å². The summed E-state index contributed by atoms with van der Waals surface area (Å²) in [6, 6.07) is 11.1. The number of aryl methyl sites for hydroxylation is 1. The molecule has 2 aromatic rings. The van der Waals surface area contributed by atoms with E-state index in [4.69, 9.17) is 25.8 Å². The van der Waals surface area contributed by atoms with Gasteiger partial charge in [-0.3, -0.25) is 9.69 Å². The summed E-state index contributed by atoms with van der Waals surface area (Å²) in [4.78, 5) is 18.2. The fourth-order valence-electron chi connectivity index (χ4n) is 5.96. The Labute approximate surface area is 236 Å². The summed E-state index contributed by atoms with van der Waals surface area (Å²) >= 11 is 6.27. The number of nitrogens with one attached hydrogen (secondary N) is 1. The Hall–Kier alpha value is -2.52. The van der Waals surface area contributed by atoms with E-state index < -0.39 is 12.1 Å². The number of halogens is 1. The van der Waals surface area contributed by atoms with Gasteiger partial charge in [-0.2, -0.15) is 0 Å². The second-order valence-corrected chi connectivity index (χ2v) is 11.2. The Kier molecular flexibility index (Phi) is 9.50. The third kappa shape index (κ3) is 7.17. The maximum absolute atomic E-state index is 13.2. The number of aliphatic hydroxyl groups is 1. The third-order valence-electron chi connectivity index (χ3n) is 8.09. The number of amides is 1. The van der Waals surface area contributed by atoms with Gasteiger partial charge in [-0.1, -0.05) is 23.7 Å². The number of nitrogens with zero attached hydrogens (tertiary/aromatic N) is 2. The number of hydrogen-bond donors (Lipinski definition) is 2. The normalized spacial score (nSPS) is 21.1. The third-order valence-corrected chi connectivity index (χ3v) is 8.39. The van der Waals surface area contributed by atoms with Crippen molar-refractivity contribution in [3.8, 4) is 17.2 Å². The van der Waals surface area contributed by atoms with Crippen molar-refractivity contribution in [1.29, 1.82) is 0 Å². The van der Waals surface area contributed by atoms with E-state index in [1.807, 2.05) is 36.4 Å². The zero-order chi connectivity index (χ0) is 27.2. The van der Waals surface area contributed by atoms with Gasteiger partial charge in [0.05, 0.1) is 18.2 Å². The second kappa shape index (κ2) is 13.2. The number of hydrogen-bond acceptors (Lipinski definition) is 7. The number of benzene rings is 2. The number of ether oxygens (including phenoxy) is 3. The van der Waals surface area contributed by atoms with Crippen LogP contribution in [0.15, 0.2) is 36.4 Å². The van der Waals surface area contributed by atoms with Crippen LogP contribution in [0.5, 0.6) is 17.2 Å². The van der Waals surface area contributed by atoms with Gasteiger partial charge in [0, 0.05) is 25.6 Å². The topological polar surface area (TPSA) is 83.5 Å². The number of carbonyl (C=O) groups excluding carboxylic acids is 1. The minimum Gasteiger partial charge on any atom is -0.495 e. The summed E-state index contributed by atoms with van der Waals surface area (Å²) < 4.78 is 16.6. The Morgan fingerprint density at radius 2 is 1.90 bits per heavy atom. The molecule has 2 N–H and O–H groups in total. The van der Waals surface area contributed by atoms with E-state index in [-0.39, 0.29) is 5.91 Å². The maximum atomic E-state index is 13.2. The molecule has 2 fully saturated rings. The van der Waals surface area contributed by atoms with Crippen LogP contribution in [0.2, 0.25) is 5.02 Å². The van der Waals surface area contributed by atoms with Crippen LogP contribution < -0.4 is 19.5 Å². The maximum Gasteiger partial charge on any atom is 0.220 e. The van der Waals surface area contributed by atoms with Gasteiger partial charge < -0.3 is 29.5 Å². The van der Waals surface area contributed by atoms with Crippen LogP contribution >= 0.6 is 11.6 Å². The highest BCUT2D eigenvalue weighted by Gasteiger charge is 2.33. The van der Waals surface area contributed by atoms with Crippen molar-refractivity contribution in [2.75, 3.05) is 53.0 Å². The first kappa shape index (κ1) is 28.0. The van der Waals surface area contributed by atoms with Crippen LogP contribution in [0.4, 0.5) is 0 Å². The molecule has 3 aliphatic heterocycles. The summed E-state index contributed by atoms with van der Waals surface area (Å²) in [5.74, 6) is 1.83. The van der Waals surface area contributed by atoms with Crippen molar-refractivity contribution < 1.29 is 24.1 Å². The number of likely N-dealkylation sites (tertiary alicyclic amines) is 2. The molecule has 8 nitrogen and oxygen atoms in total. The number of carbonyl (C=O) groups is 1. The van der Waals surface area contributed by atoms with Gasteiger partial charge in [0.2, 0.25) is 5.91 Å². The minimum absolute atomic E-state index is 0.0983. The van der Waals surface area contributed by atoms with Gasteiger partial charge >= 0.3 is 0 Å². The molecule has 2 aromatic carbocycles. The molecule has 0 spiro atoms. The molecule has 1 unspecified atom stereocenters. The van der Waals surface area contributed by atoms with Crippen molar-refractivity contribution in [3.63, 3.8) is 0 Å². The SMILES string of the molecule is COc1ccc(CCC(=O)N[C@H](CN2CCCC2CN2CCCC2)[C@H](O)c2ccc3c(c2)OCCO3)cc1Cl. The Morgan fingerprint density at radius 1 is 1.10 bits per heavy atom. The minimum atomic E-state index is -0.881. The molecular weight excluding hydrogens is 518 g/mol. The van der Waals surface area contributed by atoms with Crippen molar-refractivity contribution in [1.82, 2.24) is 15.1 Å². The van der Waals surface area contributed by atoms with Crippen LogP contribution in [-0.2, 0) is 11.2 Å². The first-order valence-corrected chi connectivity index (χ1v) is 14.5. The predicted octanol–water partition coefficient (Wildman–Crippen LogP) is 3.83. The molecule has 0 bridgehead atoms. The standard InChI is InChI=1S/C30H40ClN3O5/c1-37-26-9-6-21(17-24(26)31)7-11-29(35)32-25(20-34-14-4-5-23(34)19-33-12-2-3-13-33)30(36)22-8-10-27-28(18-22)39-16-15-38-27/h6,8-10,17-18,23,25,30,36H,2-5,7,11-16,19-20H2,1H3,(H,32,35)/t23?,25-,30-/m1/s1. The van der Waals surface area contributed by atoms with E-state index in [0.717, 1.165) is 31.5 Å². The van der Waals surface area contributed by atoms with Crippen molar-refractivity contribution in [2.24, 2.45) is 0 Å². The molecule has 3 atom stereocenters. The van der Waals surface area contributed by atoms with E-state index in [2.05, 4.69) is 15.1 Å². The molecule has 0 saturated carbocycles. The fraction of sp³-hybridized carbons (Fsp3) is 0.567. The summed E-state index contributed by atoms with van der Waals surface area (Å²) in [6.45, 7) is 5.95. The molecule has 0 aromatic heterocycles. The molecule has 0 radical (unpaired) electrons. The van der Waals surface area contributed by atoms with Gasteiger partial charge in [-0.15, -0.1) is 0 Å². The van der Waals surface area contributed by atoms with Crippen molar-refractivity contribution >= 4 is 17.5 Å². The summed E-state index contributed by atoms with van der Waals surface area (Å²) in [5.41, 5.74) is 1.67. The van der Waals surface area contributed by atoms with Crippen LogP contribution in [0.3, 0.4) is 0 Å². The summed E-state index contributed by atoms with van der Waals surface area (Å²) in [6.07, 6.45) is 4.79. The highest BCUT2D eigenvalue weighted by Crippen LogP contribution is 2.34. The summed E-state index contributed by atoms with van der Waals surface area (Å²) in [5, 5.41) is 15.3. The lowest BCUT2D eigenvalue weighted by atomic mass is 10.00. The molecule has 212 valence electrons. The van der Waals surface area contributed by atoms with Crippen LogP contribution in [0.25, 0.3) is 0 Å². The van der Waals surface area contributed by atoms with Crippen LogP contribution in [0.1, 0.15) is 49.3 Å². The van der Waals surface area contributed by atoms with Gasteiger partial charge in [-0.25, -0.2) is 0 Å². The second-order valence-electron chi connectivity index (χ2n) is 10.8. The van der Waals surface area contributed by atoms with Crippen LogP contribution in [0, 0.1) is 0 Å². The summed E-state index contributed by atoms with van der Waals surface area (Å²) in [7, 11) is 1.58. The molecule has 3 aliphatic rings. The van der Waals surface area contributed by atoms with E-state index in [9.17, 15) is 9.90 Å². The van der Waals surface area contributed by atoms with Gasteiger partial charge in [-0.05, 0) is 87.1 Å². The van der Waals surface area contributed by atoms with E-state index in [1.54, 1.807) is 7.11 Å². The van der Waals surface area contributed by atoms with Crippen LogP contribution in [-0.4, -0.2) is 85.9 Å². The quantitative estimate of drug-likeness (QED) is 0.434. The highest BCUT2D eigenvalue weighted by atomic mass is 35.5. The zero-order valence-electron chi connectivity index (χ0n) is 22.7. The predicted molar refractivity (Wildman–Crippen MR) is 151 cm³/mol. The molecule has 39 heavy (non-hydrogen) atoms. The van der Waals surface area contributed by atoms with Gasteiger partial charge in [0.1, 0.15) is 25.1 Å². The number of aliphatic hydroxyl groups excluding tert-OH is 1. The zero-order valence-corrected chi connectivity index (χ0v) is 23.5. The molecule has 2 saturated heterocycles. The van der Waals surface area contributed by atoms with Crippen molar-refractivity contribution in [2.45, 2.75) is 56.7 Å². The Balaban J connectivity index is 1.28. The van der Waals surface area contributed by atoms with E-state index in [0.29, 0.717) is 66.5 Å². The first-order valence-electron chi connectivity index (χ1n) is 14.2. The number of rotatable bonds is 11. The molecule has 3 heterocycles. The lowest BCUT2D eigenvalue weighted by Gasteiger charge is -2.34. The Morgan fingerprint density at radius 3 is 2.67 bits per heavy atom. The molecule has 5 rings (SSSR count).